The van der Waals surface area contributed by atoms with Gasteiger partial charge in [0.05, 0.1) is 24.6 Å². The first-order valence-electron chi connectivity index (χ1n) is 8.09. The van der Waals surface area contributed by atoms with Gasteiger partial charge in [-0.2, -0.15) is 0 Å². The summed E-state index contributed by atoms with van der Waals surface area (Å²) >= 11 is 0.242. The van der Waals surface area contributed by atoms with Gasteiger partial charge in [-0.05, 0) is 34.8 Å². The summed E-state index contributed by atoms with van der Waals surface area (Å²) in [5, 5.41) is 10.0. The molecule has 0 saturated heterocycles. The molecule has 10 heteroatoms. The van der Waals surface area contributed by atoms with Crippen LogP contribution in [0.15, 0.2) is 51.2 Å². The molecule has 0 aliphatic rings. The number of ether oxygens (including phenoxy) is 1. The van der Waals surface area contributed by atoms with Crippen LogP contribution in [-0.4, -0.2) is 38.1 Å². The van der Waals surface area contributed by atoms with Crippen LogP contribution < -0.4 is 10.5 Å². The Labute approximate surface area is 167 Å². The summed E-state index contributed by atoms with van der Waals surface area (Å²) in [6.45, 7) is 0. The molecule has 0 fully saturated rings. The summed E-state index contributed by atoms with van der Waals surface area (Å²) in [6.07, 6.45) is 3.15. The van der Waals surface area contributed by atoms with E-state index in [1.807, 2.05) is 29.6 Å². The van der Waals surface area contributed by atoms with Crippen molar-refractivity contribution in [3.63, 3.8) is 0 Å². The molecular weight excluding hydrogens is 398 g/mol. The zero-order valence-electron chi connectivity index (χ0n) is 14.9. The second-order valence-corrected chi connectivity index (χ2v) is 7.93. The number of nitrogens with two attached hydrogens (primary N) is 1. The number of benzene rings is 1. The standard InChI is InChI=1S/C18H15N5O3S2/c1-25-12-7-8-27-15(12)18-23-22-17(26-18)14-16(19)20-9-11(21-14)10-5-3-4-6-13(10)28(2)24/h3-9H,1-2H3,(H2,19,20). The minimum Gasteiger partial charge on any atom is -0.612 e. The molecule has 2 N–H and O–H groups in total. The average Bonchev–Trinajstić information content (AvgIpc) is 3.37. The summed E-state index contributed by atoms with van der Waals surface area (Å²) in [5.41, 5.74) is 7.49. The Hall–Kier alpha value is -2.95. The number of nitrogen functional groups attached to an aromatic ring is 1. The molecule has 3 aromatic heterocycles. The smallest absolute Gasteiger partial charge is 0.270 e. The quantitative estimate of drug-likeness (QED) is 0.495. The van der Waals surface area contributed by atoms with Crippen LogP contribution >= 0.6 is 11.3 Å². The lowest BCUT2D eigenvalue weighted by Gasteiger charge is -2.10. The van der Waals surface area contributed by atoms with Crippen LogP contribution in [0.4, 0.5) is 5.82 Å². The van der Waals surface area contributed by atoms with E-state index in [4.69, 9.17) is 14.9 Å². The van der Waals surface area contributed by atoms with Crippen molar-refractivity contribution in [3.05, 3.63) is 41.9 Å². The van der Waals surface area contributed by atoms with Crippen molar-refractivity contribution in [1.82, 2.24) is 20.2 Å². The number of thiophene rings is 1. The largest absolute Gasteiger partial charge is 0.612 e. The normalized spacial score (nSPS) is 12.1. The average molecular weight is 413 g/mol. The number of hydrogen-bond acceptors (Lipinski definition) is 9. The van der Waals surface area contributed by atoms with Gasteiger partial charge in [0, 0.05) is 0 Å². The van der Waals surface area contributed by atoms with E-state index in [9.17, 15) is 4.55 Å². The van der Waals surface area contributed by atoms with Crippen LogP contribution in [-0.2, 0) is 11.2 Å². The number of rotatable bonds is 5. The molecule has 28 heavy (non-hydrogen) atoms. The van der Waals surface area contributed by atoms with Gasteiger partial charge in [-0.25, -0.2) is 9.97 Å². The number of aromatic nitrogens is 4. The van der Waals surface area contributed by atoms with Gasteiger partial charge in [-0.1, -0.05) is 12.1 Å². The van der Waals surface area contributed by atoms with Crippen molar-refractivity contribution in [2.24, 2.45) is 0 Å². The van der Waals surface area contributed by atoms with E-state index < -0.39 is 11.2 Å². The minimum absolute atomic E-state index is 0.146. The Kier molecular flexibility index (Phi) is 4.99. The Bertz CT molecular complexity index is 1130. The minimum atomic E-state index is -1.18. The SMILES string of the molecule is COc1ccsc1-c1nnc(-c2nc(-c3ccccc3[S+](C)[O-])cnc2N)o1. The molecule has 0 saturated carbocycles. The van der Waals surface area contributed by atoms with Crippen LogP contribution in [0, 0.1) is 0 Å². The van der Waals surface area contributed by atoms with Crippen LogP contribution in [0.2, 0.25) is 0 Å². The van der Waals surface area contributed by atoms with Crippen LogP contribution in [0.25, 0.3) is 33.6 Å². The second kappa shape index (κ2) is 7.58. The first-order valence-corrected chi connectivity index (χ1v) is 10.5. The summed E-state index contributed by atoms with van der Waals surface area (Å²) < 4.78 is 23.1. The lowest BCUT2D eigenvalue weighted by Crippen LogP contribution is -2.03. The highest BCUT2D eigenvalue weighted by Crippen LogP contribution is 2.36. The molecule has 4 aromatic rings. The molecule has 0 spiro atoms. The molecular formula is C18H15N5O3S2. The fraction of sp³-hybridized carbons (Fsp3) is 0.111. The molecule has 1 atom stereocenters. The molecule has 142 valence electrons. The van der Waals surface area contributed by atoms with E-state index >= 15 is 0 Å². The zero-order valence-corrected chi connectivity index (χ0v) is 16.6. The van der Waals surface area contributed by atoms with Crippen molar-refractivity contribution in [3.8, 4) is 39.4 Å². The third kappa shape index (κ3) is 3.33. The number of anilines is 1. The Balaban J connectivity index is 1.77. The molecule has 0 radical (unpaired) electrons. The summed E-state index contributed by atoms with van der Waals surface area (Å²) in [7, 11) is 1.57. The number of nitrogens with zero attached hydrogens (tertiary/aromatic N) is 4. The van der Waals surface area contributed by atoms with Gasteiger partial charge in [-0.3, -0.25) is 0 Å². The third-order valence-electron chi connectivity index (χ3n) is 3.94. The number of methoxy groups -OCH3 is 1. The van der Waals surface area contributed by atoms with E-state index in [2.05, 4.69) is 20.2 Å². The maximum atomic E-state index is 12.0. The van der Waals surface area contributed by atoms with Gasteiger partial charge >= 0.3 is 0 Å². The van der Waals surface area contributed by atoms with Gasteiger partial charge in [0.1, 0.15) is 16.9 Å². The lowest BCUT2D eigenvalue weighted by molar-refractivity contribution is 0.416. The predicted molar refractivity (Wildman–Crippen MR) is 107 cm³/mol. The topological polar surface area (TPSA) is 123 Å². The van der Waals surface area contributed by atoms with E-state index in [1.165, 1.54) is 17.5 Å². The van der Waals surface area contributed by atoms with Gasteiger partial charge < -0.3 is 19.4 Å². The molecule has 0 amide bonds. The van der Waals surface area contributed by atoms with E-state index in [0.29, 0.717) is 27.8 Å². The van der Waals surface area contributed by atoms with E-state index in [1.54, 1.807) is 19.4 Å². The van der Waals surface area contributed by atoms with Gasteiger partial charge in [0.2, 0.25) is 0 Å². The molecule has 4 rings (SSSR count). The monoisotopic (exact) mass is 413 g/mol. The zero-order chi connectivity index (χ0) is 19.7. The summed E-state index contributed by atoms with van der Waals surface area (Å²) in [5.74, 6) is 1.26. The highest BCUT2D eigenvalue weighted by Gasteiger charge is 2.21. The molecule has 8 nitrogen and oxygen atoms in total. The Morgan fingerprint density at radius 1 is 1.18 bits per heavy atom. The van der Waals surface area contributed by atoms with E-state index in [-0.39, 0.29) is 17.4 Å². The molecule has 0 aliphatic carbocycles. The first kappa shape index (κ1) is 18.4. The van der Waals surface area contributed by atoms with Gasteiger partial charge in [0.25, 0.3) is 11.8 Å². The predicted octanol–water partition coefficient (Wildman–Crippen LogP) is 3.25. The highest BCUT2D eigenvalue weighted by atomic mass is 32.2. The highest BCUT2D eigenvalue weighted by molar-refractivity contribution is 7.90. The third-order valence-corrected chi connectivity index (χ3v) is 5.80. The van der Waals surface area contributed by atoms with Crippen molar-refractivity contribution in [1.29, 1.82) is 0 Å². The van der Waals surface area contributed by atoms with E-state index in [0.717, 1.165) is 4.88 Å². The van der Waals surface area contributed by atoms with Crippen molar-refractivity contribution in [2.75, 3.05) is 19.1 Å². The lowest BCUT2D eigenvalue weighted by atomic mass is 10.1. The summed E-state index contributed by atoms with van der Waals surface area (Å²) in [6, 6.07) is 9.11. The van der Waals surface area contributed by atoms with Crippen molar-refractivity contribution >= 4 is 28.3 Å². The van der Waals surface area contributed by atoms with Crippen LogP contribution in [0.5, 0.6) is 5.75 Å². The maximum Gasteiger partial charge on any atom is 0.270 e. The summed E-state index contributed by atoms with van der Waals surface area (Å²) in [4.78, 5) is 10.1. The van der Waals surface area contributed by atoms with Gasteiger partial charge in [-0.15, -0.1) is 21.5 Å². The second-order valence-electron chi connectivity index (χ2n) is 5.67. The fourth-order valence-electron chi connectivity index (χ4n) is 2.64. The first-order chi connectivity index (χ1) is 13.6. The number of hydrogen-bond donors (Lipinski definition) is 1. The molecule has 3 heterocycles. The molecule has 0 aliphatic heterocycles. The molecule has 0 bridgehead atoms. The molecule has 1 aromatic carbocycles. The Morgan fingerprint density at radius 3 is 2.75 bits per heavy atom. The molecule has 1 unspecified atom stereocenters. The maximum absolute atomic E-state index is 12.0. The fourth-order valence-corrected chi connectivity index (χ4v) is 4.17. The van der Waals surface area contributed by atoms with Crippen LogP contribution in [0.1, 0.15) is 0 Å². The van der Waals surface area contributed by atoms with Crippen LogP contribution in [0.3, 0.4) is 0 Å². The van der Waals surface area contributed by atoms with Crippen molar-refractivity contribution in [2.45, 2.75) is 4.90 Å². The van der Waals surface area contributed by atoms with Gasteiger partial charge in [0.15, 0.2) is 16.4 Å². The Morgan fingerprint density at radius 2 is 1.96 bits per heavy atom. The van der Waals surface area contributed by atoms with Crippen molar-refractivity contribution < 1.29 is 13.7 Å².